The number of nitrogens with one attached hydrogen (secondary N) is 1. The zero-order chi connectivity index (χ0) is 83.4. The molecule has 0 spiro atoms. The average molecular weight is 1530 g/mol. The molecule has 592 valence electrons. The largest absolute Gasteiger partial charge is 0.334 e. The van der Waals surface area contributed by atoms with E-state index in [9.17, 15) is 0 Å². The summed E-state index contributed by atoms with van der Waals surface area (Å²) in [5.41, 5.74) is 43.2. The third-order valence-electron chi connectivity index (χ3n) is 22.7. The van der Waals surface area contributed by atoms with Crippen LogP contribution >= 0.6 is 0 Å². The first-order valence-corrected chi connectivity index (χ1v) is 40.0. The van der Waals surface area contributed by atoms with Gasteiger partial charge in [0.15, 0.2) is 5.69 Å². The van der Waals surface area contributed by atoms with Crippen LogP contribution in [0, 0.1) is 90.0 Å². The molecular weight excluding hydrogens is 1410 g/mol. The Morgan fingerprint density at radius 3 is 1.22 bits per heavy atom. The molecule has 15 aromatic rings. The van der Waals surface area contributed by atoms with E-state index in [0.717, 1.165) is 40.1 Å². The summed E-state index contributed by atoms with van der Waals surface area (Å²) >= 11 is 0. The van der Waals surface area contributed by atoms with Gasteiger partial charge in [0.2, 0.25) is 6.33 Å². The molecule has 7 aromatic heterocycles. The summed E-state index contributed by atoms with van der Waals surface area (Å²) in [5.74, 6) is 2.05. The highest BCUT2D eigenvalue weighted by atomic mass is 15.1. The first-order chi connectivity index (χ1) is 54.4. The molecule has 13 nitrogen and oxygen atoms in total. The second-order valence-electron chi connectivity index (χ2n) is 34.4. The van der Waals surface area contributed by atoms with Crippen LogP contribution in [0.2, 0.25) is 0 Å². The van der Waals surface area contributed by atoms with E-state index >= 15 is 0 Å². The number of benzene rings is 8. The molecule has 0 radical (unpaired) electrons. The lowest BCUT2D eigenvalue weighted by Crippen LogP contribution is -2.29. The van der Waals surface area contributed by atoms with Gasteiger partial charge in [-0.1, -0.05) is 190 Å². The number of H-pyrrole nitrogens is 1. The summed E-state index contributed by atoms with van der Waals surface area (Å²) in [6, 6.07) is 50.2. The summed E-state index contributed by atoms with van der Waals surface area (Å²) in [6.45, 7) is 48.8. The molecule has 0 unspecified atom stereocenters. The highest BCUT2D eigenvalue weighted by molar-refractivity contribution is 5.85. The molecule has 13 heteroatoms. The van der Waals surface area contributed by atoms with Gasteiger partial charge in [-0.25, -0.2) is 34.5 Å². The normalized spacial score (nSPS) is 11.5. The molecule has 8 aromatic carbocycles. The molecule has 15 rings (SSSR count). The topological polar surface area (TPSA) is 122 Å². The minimum absolute atomic E-state index is 0.0310. The van der Waals surface area contributed by atoms with Crippen LogP contribution in [0.3, 0.4) is 0 Å². The van der Waals surface area contributed by atoms with E-state index in [1.54, 1.807) is 0 Å². The van der Waals surface area contributed by atoms with Crippen LogP contribution in [0.5, 0.6) is 0 Å². The molecule has 1 N–H and O–H groups in total. The van der Waals surface area contributed by atoms with Gasteiger partial charge >= 0.3 is 0 Å². The van der Waals surface area contributed by atoms with Gasteiger partial charge in [-0.2, -0.15) is 0 Å². The Hall–Kier alpha value is -11.8. The second kappa shape index (κ2) is 34.5. The first kappa shape index (κ1) is 84.1. The van der Waals surface area contributed by atoms with Crippen LogP contribution in [-0.2, 0) is 58.5 Å². The van der Waals surface area contributed by atoms with Gasteiger partial charge in [-0.3, -0.25) is 4.98 Å². The van der Waals surface area contributed by atoms with Gasteiger partial charge in [0, 0.05) is 110 Å². The molecule has 0 aliphatic carbocycles. The van der Waals surface area contributed by atoms with Crippen molar-refractivity contribution >= 4 is 0 Å². The van der Waals surface area contributed by atoms with E-state index < -0.39 is 0 Å². The minimum Gasteiger partial charge on any atom is -0.334 e. The molecule has 0 fully saturated rings. The molecule has 0 amide bonds. The summed E-state index contributed by atoms with van der Waals surface area (Å²) in [4.78, 5) is 29.9. The molecule has 0 aliphatic rings. The summed E-state index contributed by atoms with van der Waals surface area (Å²) in [7, 11) is 12.3. The summed E-state index contributed by atoms with van der Waals surface area (Å²) in [5, 5.41) is 0. The quantitative estimate of drug-likeness (QED) is 0.136. The van der Waals surface area contributed by atoms with Crippen LogP contribution in [-0.4, -0.2) is 57.7 Å². The number of aryl methyl sites for hydroxylation is 14. The van der Waals surface area contributed by atoms with Crippen LogP contribution < -0.4 is 4.57 Å². The molecule has 0 saturated heterocycles. The molecule has 0 saturated carbocycles. The van der Waals surface area contributed by atoms with Crippen molar-refractivity contribution in [2.75, 3.05) is 0 Å². The molecule has 0 aliphatic heterocycles. The number of hydrogen-bond acceptors (Lipinski definition) is 6. The maximum Gasteiger partial charge on any atom is 0.241 e. The van der Waals surface area contributed by atoms with Crippen LogP contribution in [0.4, 0.5) is 0 Å². The summed E-state index contributed by atoms with van der Waals surface area (Å²) in [6.07, 6.45) is 23.2. The van der Waals surface area contributed by atoms with Gasteiger partial charge in [0.25, 0.3) is 0 Å². The maximum atomic E-state index is 4.64. The third-order valence-corrected chi connectivity index (χ3v) is 22.7. The van der Waals surface area contributed by atoms with Gasteiger partial charge in [-0.05, 0) is 235 Å². The molecule has 0 atom stereocenters. The van der Waals surface area contributed by atoms with Crippen molar-refractivity contribution in [2.45, 2.75) is 169 Å². The Balaban J connectivity index is 0.000000142. The van der Waals surface area contributed by atoms with Crippen LogP contribution in [0.25, 0.3) is 112 Å². The lowest BCUT2D eigenvalue weighted by Gasteiger charge is -2.31. The Morgan fingerprint density at radius 2 is 0.757 bits per heavy atom. The number of rotatable bonds is 10. The third kappa shape index (κ3) is 17.9. The van der Waals surface area contributed by atoms with Crippen LogP contribution in [0.15, 0.2) is 214 Å². The van der Waals surface area contributed by atoms with Gasteiger partial charge < -0.3 is 22.8 Å². The fraction of sp³-hybridized carbons (Fsp3) is 0.304. The van der Waals surface area contributed by atoms with Crippen molar-refractivity contribution < 1.29 is 4.57 Å². The summed E-state index contributed by atoms with van der Waals surface area (Å²) < 4.78 is 12.6. The van der Waals surface area contributed by atoms with E-state index in [0.29, 0.717) is 0 Å². The Bertz CT molecular complexity index is 5880. The number of nitrogens with zero attached hydrogens (tertiary/aromatic N) is 12. The number of aromatic amines is 1. The lowest BCUT2D eigenvalue weighted by molar-refractivity contribution is -0.659. The van der Waals surface area contributed by atoms with E-state index in [2.05, 4.69) is 382 Å². The smallest absolute Gasteiger partial charge is 0.241 e. The van der Waals surface area contributed by atoms with Crippen molar-refractivity contribution in [3.63, 3.8) is 0 Å². The predicted molar refractivity (Wildman–Crippen MR) is 481 cm³/mol. The molecule has 0 bridgehead atoms. The standard InChI is InChI=1S/C23H32N4.C22H26N2.C20H22N2.C19H21N3.C18H18N2/c1-15-20(18-11-24-13-26(18)8)16(22(2,3)4)10-17(23(5,6)7)21(15)19-12-25-14-27(19)9;1-15-9-7-8-10-18(15)19-13-17(22(3,4)5)14-20(16(19)2)21-23-11-12-24(21)6;1-13-8-6-7-9-17(13)18-14(2)12-15(3)19(16(18)4)20-21-10-11-22(20)5;1-12-9-13(2)21-15(4)19(12)17-8-6-7-16(14(17)3)18-10-20-11-22(18)5;1-13-7-4-5-8-15(13)16-9-6-10-17(14(16)2)18-11-19-12-20(18)3/h10-14H,1-9H3;7-14H,1-6H3;6-12H,1-5H3;6-11H,1-5H3;4-12H,1-3H3/p+1. The predicted octanol–water partition coefficient (Wildman–Crippen LogP) is 24.2. The van der Waals surface area contributed by atoms with Crippen molar-refractivity contribution in [2.24, 2.45) is 42.3 Å². The number of imidazole rings is 6. The fourth-order valence-corrected chi connectivity index (χ4v) is 16.4. The number of pyridine rings is 1. The zero-order valence-corrected chi connectivity index (χ0v) is 73.6. The van der Waals surface area contributed by atoms with Crippen molar-refractivity contribution in [1.29, 1.82) is 0 Å². The number of hydrogen-bond donors (Lipinski definition) is 1. The van der Waals surface area contributed by atoms with Crippen molar-refractivity contribution in [3.05, 3.63) is 304 Å². The fourth-order valence-electron chi connectivity index (χ4n) is 16.4. The highest BCUT2D eigenvalue weighted by Gasteiger charge is 2.32. The maximum absolute atomic E-state index is 4.64. The lowest BCUT2D eigenvalue weighted by atomic mass is 9.73. The minimum atomic E-state index is 0.0310. The van der Waals surface area contributed by atoms with Crippen molar-refractivity contribution in [1.82, 2.24) is 57.7 Å². The van der Waals surface area contributed by atoms with E-state index in [1.807, 2.05) is 89.7 Å². The van der Waals surface area contributed by atoms with E-state index in [1.165, 1.54) is 161 Å². The highest BCUT2D eigenvalue weighted by Crippen LogP contribution is 2.46. The SMILES string of the molecule is Cc1c(-c2cncn2C)c(C(C)(C)C)cc(C(C)(C)C)c1-c1c[nH]c[n+]1C.Cc1cc(C)c(-c2cccc(-c3cncn3C)c2C)c(C)n1.Cc1ccccc1-c1c(C)cc(C)c(-c2nccn2C)c1C.Cc1ccccc1-c1cc(C(C)(C)C)cc(-c2nccn2C)c1C.Cc1ccccc1-c1cccc(-c2cncn2C)c1C. The zero-order valence-electron chi connectivity index (χ0n) is 73.6. The van der Waals surface area contributed by atoms with Gasteiger partial charge in [-0.15, -0.1) is 0 Å². The monoisotopic (exact) mass is 1530 g/mol. The van der Waals surface area contributed by atoms with Gasteiger partial charge in [0.1, 0.15) is 17.8 Å². The average Bonchev–Trinajstić information content (AvgIpc) is 1.72. The number of aromatic nitrogens is 13. The van der Waals surface area contributed by atoms with Crippen molar-refractivity contribution in [3.8, 4) is 112 Å². The van der Waals surface area contributed by atoms with Crippen LogP contribution in [0.1, 0.15) is 152 Å². The molecule has 7 heterocycles. The first-order valence-electron chi connectivity index (χ1n) is 40.0. The molecular formula is C102H120N13+. The van der Waals surface area contributed by atoms with E-state index in [4.69, 9.17) is 0 Å². The Morgan fingerprint density at radius 1 is 0.339 bits per heavy atom. The Labute approximate surface area is 685 Å². The molecule has 115 heavy (non-hydrogen) atoms. The van der Waals surface area contributed by atoms with Gasteiger partial charge in [0.05, 0.1) is 61.7 Å². The van der Waals surface area contributed by atoms with E-state index in [-0.39, 0.29) is 16.2 Å². The second-order valence-corrected chi connectivity index (χ2v) is 34.4. The Kier molecular flexibility index (Phi) is 25.2.